The molecule has 1 fully saturated rings. The van der Waals surface area contributed by atoms with E-state index in [1.165, 1.54) is 0 Å². The second-order valence-electron chi connectivity index (χ2n) is 6.37. The maximum atomic E-state index is 12.9. The summed E-state index contributed by atoms with van der Waals surface area (Å²) in [5.74, 6) is -0.688. The molecule has 0 spiro atoms. The molecule has 2 aromatic rings. The van der Waals surface area contributed by atoms with Crippen LogP contribution in [0.1, 0.15) is 42.4 Å². The quantitative estimate of drug-likeness (QED) is 0.922. The van der Waals surface area contributed by atoms with E-state index in [4.69, 9.17) is 5.73 Å². The van der Waals surface area contributed by atoms with Crippen LogP contribution in [0.2, 0.25) is 0 Å². The van der Waals surface area contributed by atoms with Crippen molar-refractivity contribution in [2.24, 2.45) is 11.7 Å². The van der Waals surface area contributed by atoms with Crippen LogP contribution in [0, 0.1) is 12.8 Å². The van der Waals surface area contributed by atoms with Crippen LogP contribution >= 0.6 is 0 Å². The SMILES string of the molecule is Cc1cc(C(=O)N2CC[C@@H](C(N)=O)C2)c2cnn(C(C)C)c2n1. The lowest BCUT2D eigenvalue weighted by molar-refractivity contribution is -0.121. The fourth-order valence-corrected chi connectivity index (χ4v) is 3.05. The molecule has 122 valence electrons. The Morgan fingerprint density at radius 1 is 1.39 bits per heavy atom. The van der Waals surface area contributed by atoms with Crippen LogP contribution in [0.25, 0.3) is 11.0 Å². The molecule has 2 amide bonds. The molecule has 1 atom stereocenters. The molecule has 0 aromatic carbocycles. The molecule has 2 N–H and O–H groups in total. The minimum absolute atomic E-state index is 0.0902. The molecule has 0 bridgehead atoms. The molecule has 0 radical (unpaired) electrons. The van der Waals surface area contributed by atoms with E-state index in [9.17, 15) is 9.59 Å². The van der Waals surface area contributed by atoms with Gasteiger partial charge in [-0.2, -0.15) is 5.10 Å². The number of pyridine rings is 1. The number of likely N-dealkylation sites (tertiary alicyclic amines) is 1. The Balaban J connectivity index is 2.00. The van der Waals surface area contributed by atoms with E-state index >= 15 is 0 Å². The van der Waals surface area contributed by atoms with Crippen LogP contribution in [0.15, 0.2) is 12.3 Å². The van der Waals surface area contributed by atoms with E-state index < -0.39 is 0 Å². The van der Waals surface area contributed by atoms with E-state index in [0.717, 1.165) is 11.1 Å². The summed E-state index contributed by atoms with van der Waals surface area (Å²) in [6, 6.07) is 1.95. The first-order chi connectivity index (χ1) is 10.9. The molecule has 0 aliphatic carbocycles. The third-order valence-corrected chi connectivity index (χ3v) is 4.29. The highest BCUT2D eigenvalue weighted by Crippen LogP contribution is 2.25. The lowest BCUT2D eigenvalue weighted by Crippen LogP contribution is -2.32. The Morgan fingerprint density at radius 2 is 2.13 bits per heavy atom. The summed E-state index contributed by atoms with van der Waals surface area (Å²) in [6.45, 7) is 6.85. The van der Waals surface area contributed by atoms with Crippen LogP contribution in [0.3, 0.4) is 0 Å². The van der Waals surface area contributed by atoms with E-state index in [2.05, 4.69) is 10.1 Å². The Kier molecular flexibility index (Phi) is 3.79. The van der Waals surface area contributed by atoms with E-state index in [-0.39, 0.29) is 23.8 Å². The first-order valence-electron chi connectivity index (χ1n) is 7.82. The summed E-state index contributed by atoms with van der Waals surface area (Å²) in [5.41, 5.74) is 7.43. The van der Waals surface area contributed by atoms with Gasteiger partial charge in [-0.25, -0.2) is 9.67 Å². The monoisotopic (exact) mass is 315 g/mol. The second kappa shape index (κ2) is 5.64. The Bertz CT molecular complexity index is 780. The van der Waals surface area contributed by atoms with Gasteiger partial charge in [0, 0.05) is 24.8 Å². The number of primary amides is 1. The number of aryl methyl sites for hydroxylation is 1. The van der Waals surface area contributed by atoms with Crippen molar-refractivity contribution in [3.05, 3.63) is 23.5 Å². The molecule has 23 heavy (non-hydrogen) atoms. The molecule has 7 heteroatoms. The number of amides is 2. The number of carbonyl (C=O) groups excluding carboxylic acids is 2. The maximum Gasteiger partial charge on any atom is 0.254 e. The van der Waals surface area contributed by atoms with Gasteiger partial charge in [-0.1, -0.05) is 0 Å². The molecule has 1 aliphatic heterocycles. The molecule has 1 saturated heterocycles. The van der Waals surface area contributed by atoms with Crippen molar-refractivity contribution in [1.29, 1.82) is 0 Å². The largest absolute Gasteiger partial charge is 0.369 e. The van der Waals surface area contributed by atoms with Gasteiger partial charge in [0.25, 0.3) is 5.91 Å². The van der Waals surface area contributed by atoms with Crippen molar-refractivity contribution in [3.63, 3.8) is 0 Å². The summed E-state index contributed by atoms with van der Waals surface area (Å²) in [4.78, 5) is 30.4. The normalized spacial score (nSPS) is 18.1. The fourth-order valence-electron chi connectivity index (χ4n) is 3.05. The summed E-state index contributed by atoms with van der Waals surface area (Å²) in [7, 11) is 0. The molecule has 3 heterocycles. The number of hydrogen-bond acceptors (Lipinski definition) is 4. The average Bonchev–Trinajstić information content (AvgIpc) is 3.12. The zero-order valence-corrected chi connectivity index (χ0v) is 13.6. The maximum absolute atomic E-state index is 12.9. The third kappa shape index (κ3) is 2.67. The van der Waals surface area contributed by atoms with Gasteiger partial charge in [0.2, 0.25) is 5.91 Å². The molecule has 7 nitrogen and oxygen atoms in total. The molecule has 0 unspecified atom stereocenters. The Labute approximate surface area is 134 Å². The molecule has 2 aromatic heterocycles. The van der Waals surface area contributed by atoms with E-state index in [0.29, 0.717) is 30.7 Å². The van der Waals surface area contributed by atoms with Crippen LogP contribution < -0.4 is 5.73 Å². The highest BCUT2D eigenvalue weighted by Gasteiger charge is 2.31. The summed E-state index contributed by atoms with van der Waals surface area (Å²) in [5, 5.41) is 5.11. The molecule has 1 aliphatic rings. The van der Waals surface area contributed by atoms with Crippen LogP contribution in [0.5, 0.6) is 0 Å². The van der Waals surface area contributed by atoms with Crippen molar-refractivity contribution in [3.8, 4) is 0 Å². The van der Waals surface area contributed by atoms with Gasteiger partial charge in [0.05, 0.1) is 23.1 Å². The van der Waals surface area contributed by atoms with Crippen molar-refractivity contribution in [2.75, 3.05) is 13.1 Å². The number of hydrogen-bond donors (Lipinski definition) is 1. The summed E-state index contributed by atoms with van der Waals surface area (Å²) in [6.07, 6.45) is 2.32. The molecule has 3 rings (SSSR count). The minimum Gasteiger partial charge on any atom is -0.369 e. The van der Waals surface area contributed by atoms with Crippen molar-refractivity contribution in [2.45, 2.75) is 33.2 Å². The zero-order valence-electron chi connectivity index (χ0n) is 13.6. The molecular weight excluding hydrogens is 294 g/mol. The third-order valence-electron chi connectivity index (χ3n) is 4.29. The van der Waals surface area contributed by atoms with Crippen molar-refractivity contribution >= 4 is 22.8 Å². The van der Waals surface area contributed by atoms with Gasteiger partial charge < -0.3 is 10.6 Å². The van der Waals surface area contributed by atoms with Gasteiger partial charge in [0.1, 0.15) is 0 Å². The fraction of sp³-hybridized carbons (Fsp3) is 0.500. The summed E-state index contributed by atoms with van der Waals surface area (Å²) >= 11 is 0. The predicted octanol–water partition coefficient (Wildman–Crippen LogP) is 1.27. The lowest BCUT2D eigenvalue weighted by Gasteiger charge is -2.17. The van der Waals surface area contributed by atoms with E-state index in [1.54, 1.807) is 17.2 Å². The average molecular weight is 315 g/mol. The topological polar surface area (TPSA) is 94.1 Å². The van der Waals surface area contributed by atoms with E-state index in [1.807, 2.05) is 25.5 Å². The predicted molar refractivity (Wildman–Crippen MR) is 85.9 cm³/mol. The first-order valence-corrected chi connectivity index (χ1v) is 7.82. The number of carbonyl (C=O) groups is 2. The van der Waals surface area contributed by atoms with Crippen LogP contribution in [0.4, 0.5) is 0 Å². The highest BCUT2D eigenvalue weighted by molar-refractivity contribution is 6.05. The number of aromatic nitrogens is 3. The van der Waals surface area contributed by atoms with Gasteiger partial charge >= 0.3 is 0 Å². The van der Waals surface area contributed by atoms with Gasteiger partial charge in [-0.3, -0.25) is 9.59 Å². The Morgan fingerprint density at radius 3 is 2.74 bits per heavy atom. The molecular formula is C16H21N5O2. The lowest BCUT2D eigenvalue weighted by atomic mass is 10.1. The van der Waals surface area contributed by atoms with Gasteiger partial charge in [0.15, 0.2) is 5.65 Å². The highest BCUT2D eigenvalue weighted by atomic mass is 16.2. The number of rotatable bonds is 3. The van der Waals surface area contributed by atoms with Crippen molar-refractivity contribution in [1.82, 2.24) is 19.7 Å². The number of nitrogens with two attached hydrogens (primary N) is 1. The Hall–Kier alpha value is -2.44. The van der Waals surface area contributed by atoms with Gasteiger partial charge in [-0.05, 0) is 33.3 Å². The number of nitrogens with zero attached hydrogens (tertiary/aromatic N) is 4. The van der Waals surface area contributed by atoms with Crippen molar-refractivity contribution < 1.29 is 9.59 Å². The first kappa shape index (κ1) is 15.5. The van der Waals surface area contributed by atoms with Gasteiger partial charge in [-0.15, -0.1) is 0 Å². The van der Waals surface area contributed by atoms with Crippen LogP contribution in [-0.4, -0.2) is 44.6 Å². The smallest absolute Gasteiger partial charge is 0.254 e. The molecule has 0 saturated carbocycles. The summed E-state index contributed by atoms with van der Waals surface area (Å²) < 4.78 is 1.81. The minimum atomic E-state index is -0.344. The second-order valence-corrected chi connectivity index (χ2v) is 6.37. The number of fused-ring (bicyclic) bond motifs is 1. The van der Waals surface area contributed by atoms with Crippen LogP contribution in [-0.2, 0) is 4.79 Å². The standard InChI is InChI=1S/C16H21N5O2/c1-9(2)21-15-13(7-18-21)12(6-10(3)19-15)16(23)20-5-4-11(8-20)14(17)22/h6-7,9,11H,4-5,8H2,1-3H3,(H2,17,22)/t11-/m1/s1. The zero-order chi connectivity index (χ0) is 16.7.